The molecule has 0 unspecified atom stereocenters. The second kappa shape index (κ2) is 10.0. The number of alkyl halides is 3. The molecule has 0 bridgehead atoms. The first-order valence-electron chi connectivity index (χ1n) is 10.8. The zero-order valence-corrected chi connectivity index (χ0v) is 19.2. The molecule has 0 spiro atoms. The molecule has 1 aromatic carbocycles. The van der Waals surface area contributed by atoms with Gasteiger partial charge in [0.15, 0.2) is 5.82 Å². The highest BCUT2D eigenvalue weighted by molar-refractivity contribution is 6.33. The molecule has 7 nitrogen and oxygen atoms in total. The summed E-state index contributed by atoms with van der Waals surface area (Å²) in [6, 6.07) is 9.96. The number of nitrogens with zero attached hydrogens (tertiary/aromatic N) is 5. The van der Waals surface area contributed by atoms with Crippen molar-refractivity contribution < 1.29 is 17.9 Å². The maximum Gasteiger partial charge on any atom is 0.417 e. The van der Waals surface area contributed by atoms with E-state index in [2.05, 4.69) is 15.0 Å². The van der Waals surface area contributed by atoms with Crippen molar-refractivity contribution in [2.45, 2.75) is 19.6 Å². The Bertz CT molecular complexity index is 1180. The lowest BCUT2D eigenvalue weighted by atomic mass is 10.2. The first-order chi connectivity index (χ1) is 16.3. The molecule has 1 aliphatic heterocycles. The van der Waals surface area contributed by atoms with Crippen LogP contribution in [-0.4, -0.2) is 52.5 Å². The average Bonchev–Trinajstić information content (AvgIpc) is 2.82. The molecule has 0 N–H and O–H groups in total. The predicted octanol–water partition coefficient (Wildman–Crippen LogP) is 4.02. The van der Waals surface area contributed by atoms with Crippen molar-refractivity contribution >= 4 is 17.3 Å². The summed E-state index contributed by atoms with van der Waals surface area (Å²) in [5.74, 6) is 0.811. The smallest absolute Gasteiger partial charge is 0.417 e. The number of halogens is 4. The van der Waals surface area contributed by atoms with Crippen LogP contribution < -0.4 is 15.2 Å². The van der Waals surface area contributed by atoms with Gasteiger partial charge in [0.05, 0.1) is 24.1 Å². The van der Waals surface area contributed by atoms with Crippen LogP contribution in [0.1, 0.15) is 18.1 Å². The van der Waals surface area contributed by atoms with E-state index in [9.17, 15) is 18.0 Å². The van der Waals surface area contributed by atoms with Crippen molar-refractivity contribution in [3.63, 3.8) is 0 Å². The zero-order valence-electron chi connectivity index (χ0n) is 18.4. The molecule has 4 rings (SSSR count). The van der Waals surface area contributed by atoms with Crippen molar-refractivity contribution in [2.75, 3.05) is 37.7 Å². The minimum atomic E-state index is -4.51. The number of pyridine rings is 1. The molecule has 0 aliphatic carbocycles. The quantitative estimate of drug-likeness (QED) is 0.517. The molecule has 3 aromatic rings. The average molecular weight is 494 g/mol. The largest absolute Gasteiger partial charge is 0.494 e. The van der Waals surface area contributed by atoms with E-state index in [0.29, 0.717) is 31.6 Å². The number of hydrogen-bond donors (Lipinski definition) is 0. The van der Waals surface area contributed by atoms with Crippen LogP contribution >= 0.6 is 11.6 Å². The number of ether oxygens (including phenoxy) is 1. The maximum absolute atomic E-state index is 12.8. The zero-order chi connectivity index (χ0) is 24.3. The van der Waals surface area contributed by atoms with Gasteiger partial charge in [0.2, 0.25) is 0 Å². The van der Waals surface area contributed by atoms with E-state index in [1.165, 1.54) is 11.8 Å². The molecule has 3 heterocycles. The Balaban J connectivity index is 1.41. The van der Waals surface area contributed by atoms with Gasteiger partial charge in [-0.15, -0.1) is 0 Å². The monoisotopic (exact) mass is 493 g/mol. The highest BCUT2D eigenvalue weighted by Gasteiger charge is 2.31. The molecule has 0 radical (unpaired) electrons. The van der Waals surface area contributed by atoms with Gasteiger partial charge >= 0.3 is 6.18 Å². The van der Waals surface area contributed by atoms with Crippen molar-refractivity contribution in [2.24, 2.45) is 0 Å². The van der Waals surface area contributed by atoms with Gasteiger partial charge in [-0.3, -0.25) is 9.69 Å². The number of anilines is 1. The fourth-order valence-corrected chi connectivity index (χ4v) is 4.00. The molecule has 0 amide bonds. The molecule has 34 heavy (non-hydrogen) atoms. The summed E-state index contributed by atoms with van der Waals surface area (Å²) in [6.45, 7) is 6.22. The fourth-order valence-electron chi connectivity index (χ4n) is 3.75. The third kappa shape index (κ3) is 5.34. The van der Waals surface area contributed by atoms with Gasteiger partial charge in [-0.1, -0.05) is 23.7 Å². The third-order valence-corrected chi connectivity index (χ3v) is 5.90. The summed E-state index contributed by atoms with van der Waals surface area (Å²) in [5, 5.41) is 4.05. The van der Waals surface area contributed by atoms with E-state index in [1.807, 2.05) is 36.1 Å². The van der Waals surface area contributed by atoms with Crippen LogP contribution in [0.5, 0.6) is 5.75 Å². The number of hydrogen-bond acceptors (Lipinski definition) is 6. The second-order valence-corrected chi connectivity index (χ2v) is 8.18. The van der Waals surface area contributed by atoms with Gasteiger partial charge in [-0.05, 0) is 36.8 Å². The first-order valence-corrected chi connectivity index (χ1v) is 11.1. The van der Waals surface area contributed by atoms with E-state index < -0.39 is 17.3 Å². The molecule has 180 valence electrons. The van der Waals surface area contributed by atoms with E-state index in [1.54, 1.807) is 0 Å². The van der Waals surface area contributed by atoms with Gasteiger partial charge in [0, 0.05) is 38.9 Å². The Morgan fingerprint density at radius 2 is 1.74 bits per heavy atom. The number of aromatic nitrogens is 3. The van der Waals surface area contributed by atoms with Crippen LogP contribution in [0, 0.1) is 0 Å². The third-order valence-electron chi connectivity index (χ3n) is 5.55. The highest BCUT2D eigenvalue weighted by atomic mass is 35.5. The van der Waals surface area contributed by atoms with Crippen LogP contribution in [0.15, 0.2) is 53.6 Å². The summed E-state index contributed by atoms with van der Waals surface area (Å²) in [6.07, 6.45) is -2.40. The van der Waals surface area contributed by atoms with Gasteiger partial charge in [0.1, 0.15) is 10.8 Å². The summed E-state index contributed by atoms with van der Waals surface area (Å²) in [5.41, 5.74) is 0.136. The molecule has 1 saturated heterocycles. The second-order valence-electron chi connectivity index (χ2n) is 7.80. The van der Waals surface area contributed by atoms with Gasteiger partial charge in [0.25, 0.3) is 5.56 Å². The topological polar surface area (TPSA) is 63.5 Å². The first kappa shape index (κ1) is 24.0. The Labute approximate surface area is 199 Å². The predicted molar refractivity (Wildman–Crippen MR) is 123 cm³/mol. The lowest BCUT2D eigenvalue weighted by Crippen LogP contribution is -2.46. The van der Waals surface area contributed by atoms with E-state index in [-0.39, 0.29) is 10.8 Å². The molecule has 0 atom stereocenters. The SMILES string of the molecule is CCOc1ccc(CN2CCN(c3cnn(-c4ccc(C(F)(F)F)cn4)c(=O)c3Cl)CC2)cc1. The molecule has 1 fully saturated rings. The van der Waals surface area contributed by atoms with Crippen LogP contribution in [0.25, 0.3) is 5.82 Å². The normalized spacial score (nSPS) is 14.9. The van der Waals surface area contributed by atoms with Gasteiger partial charge < -0.3 is 9.64 Å². The molecule has 11 heteroatoms. The Morgan fingerprint density at radius 1 is 1.03 bits per heavy atom. The van der Waals surface area contributed by atoms with Gasteiger partial charge in [-0.25, -0.2) is 4.98 Å². The molecule has 1 aliphatic rings. The summed E-state index contributed by atoms with van der Waals surface area (Å²) < 4.78 is 44.6. The standard InChI is InChI=1S/C23H23ClF3N5O2/c1-2-34-18-6-3-16(4-7-18)15-30-9-11-31(12-10-30)19-14-29-32(22(33)21(19)24)20-8-5-17(13-28-20)23(25,26)27/h3-8,13-14H,2,9-12,15H2,1H3. The minimum absolute atomic E-state index is 0.0355. The van der Waals surface area contributed by atoms with Crippen LogP contribution in [0.3, 0.4) is 0 Å². The molecular formula is C23H23ClF3N5O2. The van der Waals surface area contributed by atoms with Gasteiger partial charge in [-0.2, -0.15) is 23.0 Å². The Kier molecular flexibility index (Phi) is 7.08. The maximum atomic E-state index is 12.8. The van der Waals surface area contributed by atoms with E-state index in [0.717, 1.165) is 42.2 Å². The van der Waals surface area contributed by atoms with Crippen LogP contribution in [0.4, 0.5) is 18.9 Å². The summed E-state index contributed by atoms with van der Waals surface area (Å²) >= 11 is 6.34. The minimum Gasteiger partial charge on any atom is -0.494 e. The molecular weight excluding hydrogens is 471 g/mol. The summed E-state index contributed by atoms with van der Waals surface area (Å²) in [7, 11) is 0. The highest BCUT2D eigenvalue weighted by Crippen LogP contribution is 2.29. The van der Waals surface area contributed by atoms with Crippen molar-refractivity contribution in [3.05, 3.63) is 75.3 Å². The Morgan fingerprint density at radius 3 is 2.32 bits per heavy atom. The lowest BCUT2D eigenvalue weighted by Gasteiger charge is -2.36. The number of piperazine rings is 1. The summed E-state index contributed by atoms with van der Waals surface area (Å²) in [4.78, 5) is 20.8. The lowest BCUT2D eigenvalue weighted by molar-refractivity contribution is -0.137. The van der Waals surface area contributed by atoms with E-state index >= 15 is 0 Å². The number of benzene rings is 1. The Hall–Kier alpha value is -3.11. The van der Waals surface area contributed by atoms with Crippen molar-refractivity contribution in [3.8, 4) is 11.6 Å². The molecule has 0 saturated carbocycles. The number of rotatable bonds is 6. The van der Waals surface area contributed by atoms with Crippen molar-refractivity contribution in [1.82, 2.24) is 19.7 Å². The fraction of sp³-hybridized carbons (Fsp3) is 0.348. The molecule has 2 aromatic heterocycles. The van der Waals surface area contributed by atoms with Crippen LogP contribution in [-0.2, 0) is 12.7 Å². The van der Waals surface area contributed by atoms with Crippen LogP contribution in [0.2, 0.25) is 5.02 Å². The van der Waals surface area contributed by atoms with E-state index in [4.69, 9.17) is 16.3 Å². The van der Waals surface area contributed by atoms with Crippen molar-refractivity contribution in [1.29, 1.82) is 0 Å².